The van der Waals surface area contributed by atoms with Crippen molar-refractivity contribution in [2.75, 3.05) is 6.61 Å². The van der Waals surface area contributed by atoms with Crippen LogP contribution < -0.4 is 4.74 Å². The minimum Gasteiger partial charge on any atom is -0.505 e. The van der Waals surface area contributed by atoms with E-state index in [1.807, 2.05) is 36.4 Å². The quantitative estimate of drug-likeness (QED) is 0.246. The molecule has 0 fully saturated rings. The van der Waals surface area contributed by atoms with Gasteiger partial charge in [0.15, 0.2) is 11.6 Å². The van der Waals surface area contributed by atoms with E-state index in [0.29, 0.717) is 23.5 Å². The van der Waals surface area contributed by atoms with Gasteiger partial charge >= 0.3 is 0 Å². The Labute approximate surface area is 178 Å². The predicted octanol–water partition coefficient (Wildman–Crippen LogP) is 7.88. The van der Waals surface area contributed by atoms with Gasteiger partial charge in [0.05, 0.1) is 6.61 Å². The number of unbranched alkanes of at least 4 members (excludes halogenated alkanes) is 7. The molecule has 0 spiro atoms. The molecule has 1 heterocycles. The molecule has 1 aromatic heterocycles. The maximum Gasteiger partial charge on any atom is 0.174 e. The molecule has 0 atom stereocenters. The third-order valence-electron chi connectivity index (χ3n) is 5.12. The Bertz CT molecular complexity index is 942. The van der Waals surface area contributed by atoms with E-state index in [-0.39, 0.29) is 5.75 Å². The summed E-state index contributed by atoms with van der Waals surface area (Å²) in [6.07, 6.45) is 11.7. The first-order valence-electron chi connectivity index (χ1n) is 11.0. The van der Waals surface area contributed by atoms with Crippen molar-refractivity contribution < 1.29 is 9.84 Å². The summed E-state index contributed by atoms with van der Waals surface area (Å²) in [5, 5.41) is 20.6. The summed E-state index contributed by atoms with van der Waals surface area (Å²) in [5.41, 5.74) is 0.380. The highest BCUT2D eigenvalue weighted by Crippen LogP contribution is 2.41. The first kappa shape index (κ1) is 21.8. The molecule has 3 rings (SSSR count). The summed E-state index contributed by atoms with van der Waals surface area (Å²) in [4.78, 5) is 4.14. The summed E-state index contributed by atoms with van der Waals surface area (Å²) < 4.78 is 6.08. The zero-order valence-electron chi connectivity index (χ0n) is 17.8. The highest BCUT2D eigenvalue weighted by Gasteiger charge is 2.12. The molecule has 0 aliphatic heterocycles. The molecule has 158 valence electrons. The summed E-state index contributed by atoms with van der Waals surface area (Å²) in [7, 11) is 0. The number of rotatable bonds is 12. The number of benzene rings is 2. The van der Waals surface area contributed by atoms with Gasteiger partial charge in [0, 0.05) is 23.0 Å². The lowest BCUT2D eigenvalue weighted by Gasteiger charge is -2.12. The lowest BCUT2D eigenvalue weighted by Crippen LogP contribution is -1.98. The van der Waals surface area contributed by atoms with Crippen molar-refractivity contribution in [3.8, 4) is 11.5 Å². The van der Waals surface area contributed by atoms with Gasteiger partial charge in [-0.1, -0.05) is 82.2 Å². The zero-order chi connectivity index (χ0) is 21.0. The summed E-state index contributed by atoms with van der Waals surface area (Å²) in [6, 6.07) is 14.9. The number of pyridine rings is 1. The van der Waals surface area contributed by atoms with Crippen LogP contribution in [0.15, 0.2) is 65.0 Å². The number of nitrogens with zero attached hydrogens (tertiary/aromatic N) is 3. The molecule has 2 aromatic carbocycles. The molecule has 0 radical (unpaired) electrons. The van der Waals surface area contributed by atoms with Crippen molar-refractivity contribution in [3.63, 3.8) is 0 Å². The Morgan fingerprint density at radius 3 is 2.27 bits per heavy atom. The van der Waals surface area contributed by atoms with Gasteiger partial charge < -0.3 is 9.84 Å². The molecule has 0 aliphatic rings. The van der Waals surface area contributed by atoms with Gasteiger partial charge in [-0.25, -0.2) is 4.98 Å². The lowest BCUT2D eigenvalue weighted by atomic mass is 10.1. The number of aromatic hydroxyl groups is 1. The van der Waals surface area contributed by atoms with Crippen LogP contribution >= 0.6 is 0 Å². The molecular formula is C25H31N3O2. The molecule has 0 unspecified atom stereocenters. The van der Waals surface area contributed by atoms with Gasteiger partial charge in [-0.2, -0.15) is 0 Å². The van der Waals surface area contributed by atoms with Crippen LogP contribution in [0.1, 0.15) is 58.3 Å². The smallest absolute Gasteiger partial charge is 0.174 e. The van der Waals surface area contributed by atoms with Crippen molar-refractivity contribution >= 4 is 22.3 Å². The molecule has 0 saturated carbocycles. The first-order chi connectivity index (χ1) is 14.8. The van der Waals surface area contributed by atoms with Gasteiger partial charge in [0.2, 0.25) is 0 Å². The Kier molecular flexibility index (Phi) is 8.63. The van der Waals surface area contributed by atoms with Crippen molar-refractivity contribution in [1.29, 1.82) is 0 Å². The van der Waals surface area contributed by atoms with Crippen LogP contribution in [0.4, 0.5) is 11.5 Å². The maximum atomic E-state index is 10.7. The van der Waals surface area contributed by atoms with Crippen LogP contribution in [0, 0.1) is 0 Å². The zero-order valence-corrected chi connectivity index (χ0v) is 17.8. The van der Waals surface area contributed by atoms with Crippen LogP contribution in [0.3, 0.4) is 0 Å². The highest BCUT2D eigenvalue weighted by atomic mass is 16.5. The third-order valence-corrected chi connectivity index (χ3v) is 5.12. The molecule has 0 saturated heterocycles. The Balaban J connectivity index is 1.63. The SMILES string of the molecule is CCCCCCCCCCOc1cc(N=Nc2ccccn2)c(O)c2ccccc12. The van der Waals surface area contributed by atoms with Gasteiger partial charge in [0.25, 0.3) is 0 Å². The number of azo groups is 1. The van der Waals surface area contributed by atoms with E-state index in [2.05, 4.69) is 22.1 Å². The second-order valence-electron chi connectivity index (χ2n) is 7.50. The molecule has 3 aromatic rings. The monoisotopic (exact) mass is 405 g/mol. The topological polar surface area (TPSA) is 67.1 Å². The molecule has 5 nitrogen and oxygen atoms in total. The molecule has 0 amide bonds. The number of hydrogen-bond acceptors (Lipinski definition) is 5. The summed E-state index contributed by atoms with van der Waals surface area (Å²) >= 11 is 0. The maximum absolute atomic E-state index is 10.7. The van der Waals surface area contributed by atoms with Crippen LogP contribution in [0.25, 0.3) is 10.8 Å². The van der Waals surface area contributed by atoms with E-state index in [0.717, 1.165) is 17.6 Å². The van der Waals surface area contributed by atoms with E-state index in [9.17, 15) is 5.11 Å². The average molecular weight is 406 g/mol. The largest absolute Gasteiger partial charge is 0.505 e. The molecule has 1 N–H and O–H groups in total. The van der Waals surface area contributed by atoms with Crippen LogP contribution in [0.2, 0.25) is 0 Å². The predicted molar refractivity (Wildman–Crippen MR) is 122 cm³/mol. The van der Waals surface area contributed by atoms with Crippen LogP contribution in [-0.2, 0) is 0 Å². The second-order valence-corrected chi connectivity index (χ2v) is 7.50. The van der Waals surface area contributed by atoms with Crippen molar-refractivity contribution in [1.82, 2.24) is 4.98 Å². The molecule has 5 heteroatoms. The fourth-order valence-electron chi connectivity index (χ4n) is 3.44. The molecule has 0 bridgehead atoms. The molecule has 0 aliphatic carbocycles. The number of fused-ring (bicyclic) bond motifs is 1. The highest BCUT2D eigenvalue weighted by molar-refractivity contribution is 5.97. The Morgan fingerprint density at radius 2 is 1.53 bits per heavy atom. The minimum absolute atomic E-state index is 0.102. The third kappa shape index (κ3) is 6.28. The standard InChI is InChI=1S/C25H31N3O2/c1-2-3-4-5-6-7-8-13-18-30-23-19-22(27-28-24-16-11-12-17-26-24)25(29)21-15-10-9-14-20(21)23/h9-12,14-17,19,29H,2-8,13,18H2,1H3. The van der Waals surface area contributed by atoms with Gasteiger partial charge in [-0.05, 0) is 18.6 Å². The Hall–Kier alpha value is -2.95. The minimum atomic E-state index is 0.102. The number of phenolic OH excluding ortho intramolecular Hbond substituents is 1. The fourth-order valence-corrected chi connectivity index (χ4v) is 3.44. The normalized spacial score (nSPS) is 11.4. The van der Waals surface area contributed by atoms with E-state index < -0.39 is 0 Å². The summed E-state index contributed by atoms with van der Waals surface area (Å²) in [6.45, 7) is 2.90. The average Bonchev–Trinajstić information content (AvgIpc) is 2.79. The van der Waals surface area contributed by atoms with Crippen LogP contribution in [-0.4, -0.2) is 16.7 Å². The molecular weight excluding hydrogens is 374 g/mol. The number of hydrogen-bond donors (Lipinski definition) is 1. The lowest BCUT2D eigenvalue weighted by molar-refractivity contribution is 0.307. The van der Waals surface area contributed by atoms with Gasteiger partial charge in [0.1, 0.15) is 11.4 Å². The number of aromatic nitrogens is 1. The van der Waals surface area contributed by atoms with Crippen molar-refractivity contribution in [3.05, 3.63) is 54.7 Å². The fraction of sp³-hybridized carbons (Fsp3) is 0.400. The van der Waals surface area contributed by atoms with Crippen molar-refractivity contribution in [2.24, 2.45) is 10.2 Å². The molecule has 30 heavy (non-hydrogen) atoms. The van der Waals surface area contributed by atoms with E-state index in [1.54, 1.807) is 18.3 Å². The van der Waals surface area contributed by atoms with E-state index in [1.165, 1.54) is 44.9 Å². The number of phenols is 1. The van der Waals surface area contributed by atoms with Gasteiger partial charge in [-0.3, -0.25) is 0 Å². The van der Waals surface area contributed by atoms with E-state index in [4.69, 9.17) is 4.74 Å². The second kappa shape index (κ2) is 11.9. The van der Waals surface area contributed by atoms with E-state index >= 15 is 0 Å². The van der Waals surface area contributed by atoms with Crippen LogP contribution in [0.5, 0.6) is 11.5 Å². The Morgan fingerprint density at radius 1 is 0.833 bits per heavy atom. The first-order valence-corrected chi connectivity index (χ1v) is 11.0. The number of ether oxygens (including phenoxy) is 1. The van der Waals surface area contributed by atoms with Crippen molar-refractivity contribution in [2.45, 2.75) is 58.3 Å². The van der Waals surface area contributed by atoms with Gasteiger partial charge in [-0.15, -0.1) is 10.2 Å². The summed E-state index contributed by atoms with van der Waals surface area (Å²) in [5.74, 6) is 1.32.